The summed E-state index contributed by atoms with van der Waals surface area (Å²) in [6, 6.07) is 9.31. The maximum absolute atomic E-state index is 14.3. The second kappa shape index (κ2) is 10.2. The summed E-state index contributed by atoms with van der Waals surface area (Å²) in [5.74, 6) is 1.91. The first-order valence-electron chi connectivity index (χ1n) is 14.8. The van der Waals surface area contributed by atoms with Crippen LogP contribution in [0.4, 0.5) is 13.2 Å². The van der Waals surface area contributed by atoms with Crippen LogP contribution in [0.5, 0.6) is 0 Å². The van der Waals surface area contributed by atoms with Crippen LogP contribution >= 0.6 is 0 Å². The minimum Gasteiger partial charge on any atom is -0.314 e. The molecule has 216 valence electrons. The van der Waals surface area contributed by atoms with E-state index >= 15 is 0 Å². The van der Waals surface area contributed by atoms with E-state index in [0.717, 1.165) is 63.0 Å². The van der Waals surface area contributed by atoms with Gasteiger partial charge in [-0.2, -0.15) is 13.2 Å². The van der Waals surface area contributed by atoms with E-state index in [4.69, 9.17) is 0 Å². The van der Waals surface area contributed by atoms with Crippen LogP contribution in [0.25, 0.3) is 11.2 Å². The number of hydrogen-bond donors (Lipinski definition) is 0. The van der Waals surface area contributed by atoms with Crippen molar-refractivity contribution in [1.29, 1.82) is 0 Å². The largest absolute Gasteiger partial charge is 0.418 e. The molecule has 0 radical (unpaired) electrons. The summed E-state index contributed by atoms with van der Waals surface area (Å²) in [6.45, 7) is 4.25. The molecule has 1 aromatic carbocycles. The van der Waals surface area contributed by atoms with Crippen molar-refractivity contribution in [2.75, 3.05) is 13.1 Å². The third kappa shape index (κ3) is 5.00. The van der Waals surface area contributed by atoms with Crippen molar-refractivity contribution >= 4 is 5.52 Å². The Bertz CT molecular complexity index is 1630. The lowest BCUT2D eigenvalue weighted by atomic mass is 9.72. The van der Waals surface area contributed by atoms with Crippen LogP contribution in [-0.2, 0) is 12.7 Å². The van der Waals surface area contributed by atoms with Gasteiger partial charge in [0.2, 0.25) is 0 Å². The van der Waals surface area contributed by atoms with E-state index in [1.165, 1.54) is 27.7 Å². The van der Waals surface area contributed by atoms with E-state index in [1.54, 1.807) is 12.3 Å². The van der Waals surface area contributed by atoms with Crippen LogP contribution in [0.15, 0.2) is 53.8 Å². The molecule has 4 heterocycles. The Labute approximate surface area is 236 Å². The second-order valence-electron chi connectivity index (χ2n) is 12.4. The van der Waals surface area contributed by atoms with Crippen LogP contribution in [0.3, 0.4) is 0 Å². The normalized spacial score (nSPS) is 21.3. The van der Waals surface area contributed by atoms with Gasteiger partial charge in [-0.15, -0.1) is 10.2 Å². The van der Waals surface area contributed by atoms with E-state index in [0.29, 0.717) is 35.7 Å². The van der Waals surface area contributed by atoms with E-state index in [1.807, 2.05) is 24.5 Å². The molecule has 0 bridgehead atoms. The Balaban J connectivity index is 1.29. The van der Waals surface area contributed by atoms with Crippen molar-refractivity contribution < 1.29 is 13.2 Å². The van der Waals surface area contributed by atoms with Crippen LogP contribution in [0, 0.1) is 11.8 Å². The van der Waals surface area contributed by atoms with E-state index < -0.39 is 17.4 Å². The zero-order valence-electron chi connectivity index (χ0n) is 23.2. The quantitative estimate of drug-likeness (QED) is 0.268. The number of piperidine rings is 1. The fraction of sp³-hybridized carbons (Fsp3) is 0.516. The van der Waals surface area contributed by atoms with Gasteiger partial charge in [0.1, 0.15) is 12.2 Å². The van der Waals surface area contributed by atoms with Gasteiger partial charge in [0.05, 0.1) is 16.8 Å². The van der Waals surface area contributed by atoms with Gasteiger partial charge in [0.25, 0.3) is 0 Å². The Morgan fingerprint density at radius 3 is 2.59 bits per heavy atom. The van der Waals surface area contributed by atoms with Crippen LogP contribution in [0.1, 0.15) is 86.3 Å². The van der Waals surface area contributed by atoms with Gasteiger partial charge in [-0.25, -0.2) is 4.79 Å². The number of hydrogen-bond acceptors (Lipinski definition) is 4. The molecule has 7 nitrogen and oxygen atoms in total. The van der Waals surface area contributed by atoms with E-state index in [-0.39, 0.29) is 11.4 Å². The SMILES string of the molecule is C[C@H]1CCCN(Cc2cc(C(F)(F)F)c3cn(-c4cccc([C@@H](c5nncn5C5CC5)C5CCC5)c4)c(=O)n3c2)C1. The highest BCUT2D eigenvalue weighted by Crippen LogP contribution is 2.45. The summed E-state index contributed by atoms with van der Waals surface area (Å²) in [6.07, 6.45) is 7.91. The van der Waals surface area contributed by atoms with E-state index in [9.17, 15) is 18.0 Å². The van der Waals surface area contributed by atoms with Crippen LogP contribution < -0.4 is 5.69 Å². The summed E-state index contributed by atoms with van der Waals surface area (Å²) < 4.78 is 47.6. The summed E-state index contributed by atoms with van der Waals surface area (Å²) in [4.78, 5) is 15.9. The summed E-state index contributed by atoms with van der Waals surface area (Å²) >= 11 is 0. The Morgan fingerprint density at radius 2 is 1.88 bits per heavy atom. The first kappa shape index (κ1) is 26.5. The summed E-state index contributed by atoms with van der Waals surface area (Å²) in [5.41, 5.74) is 0.650. The summed E-state index contributed by atoms with van der Waals surface area (Å²) in [5, 5.41) is 8.75. The minimum atomic E-state index is -4.58. The van der Waals surface area contributed by atoms with E-state index in [2.05, 4.69) is 26.6 Å². The van der Waals surface area contributed by atoms with Crippen molar-refractivity contribution in [2.45, 2.75) is 76.6 Å². The Kier molecular flexibility index (Phi) is 6.56. The van der Waals surface area contributed by atoms with Gasteiger partial charge in [0.15, 0.2) is 0 Å². The highest BCUT2D eigenvalue weighted by Gasteiger charge is 2.37. The molecule has 0 unspecified atom stereocenters. The highest BCUT2D eigenvalue weighted by molar-refractivity contribution is 5.58. The maximum Gasteiger partial charge on any atom is 0.418 e. The molecule has 2 saturated carbocycles. The molecule has 7 rings (SSSR count). The van der Waals surface area contributed by atoms with Gasteiger partial charge in [0, 0.05) is 37.4 Å². The van der Waals surface area contributed by atoms with Crippen molar-refractivity contribution in [3.8, 4) is 5.69 Å². The maximum atomic E-state index is 14.3. The van der Waals surface area contributed by atoms with Gasteiger partial charge in [-0.3, -0.25) is 13.9 Å². The first-order chi connectivity index (χ1) is 19.8. The van der Waals surface area contributed by atoms with Crippen molar-refractivity contribution in [3.05, 3.63) is 82.1 Å². The molecule has 2 atom stereocenters. The monoisotopic (exact) mass is 564 g/mol. The molecule has 3 aromatic heterocycles. The number of pyridine rings is 1. The molecule has 2 aliphatic carbocycles. The first-order valence-corrected chi connectivity index (χ1v) is 14.8. The minimum absolute atomic E-state index is 0.0313. The molecule has 41 heavy (non-hydrogen) atoms. The molecule has 0 N–H and O–H groups in total. The summed E-state index contributed by atoms with van der Waals surface area (Å²) in [7, 11) is 0. The zero-order chi connectivity index (χ0) is 28.3. The standard InChI is InChI=1S/C31H35F3N6O/c1-20-5-4-12-37(15-20)16-21-13-26(31(32,33)34)27-18-38(30(41)39(27)17-21)25-9-3-8-23(14-25)28(22-6-2-7-22)29-36-35-19-40(29)24-10-11-24/h3,8-9,13-14,17-20,22,24,28H,2,4-7,10-12,15-16H2,1H3/t20-,28-/m0/s1. The molecule has 0 spiro atoms. The van der Waals surface area contributed by atoms with Crippen LogP contribution in [-0.4, -0.2) is 41.7 Å². The predicted molar refractivity (Wildman–Crippen MR) is 149 cm³/mol. The number of alkyl halides is 3. The van der Waals surface area contributed by atoms with Gasteiger partial charge in [-0.1, -0.05) is 25.5 Å². The number of rotatable bonds is 7. The average Bonchev–Trinajstić information content (AvgIpc) is 3.55. The number of fused-ring (bicyclic) bond motifs is 1. The topological polar surface area (TPSA) is 60.4 Å². The van der Waals surface area contributed by atoms with Crippen LogP contribution in [0.2, 0.25) is 0 Å². The molecule has 3 aliphatic rings. The number of aromatic nitrogens is 5. The number of halogens is 3. The molecular weight excluding hydrogens is 529 g/mol. The Hall–Kier alpha value is -3.40. The highest BCUT2D eigenvalue weighted by atomic mass is 19.4. The fourth-order valence-corrected chi connectivity index (χ4v) is 6.81. The molecule has 1 aliphatic heterocycles. The lowest BCUT2D eigenvalue weighted by Crippen LogP contribution is -2.34. The van der Waals surface area contributed by atoms with Crippen molar-refractivity contribution in [2.24, 2.45) is 11.8 Å². The number of nitrogens with zero attached hydrogens (tertiary/aromatic N) is 6. The molecule has 4 aromatic rings. The third-order valence-corrected chi connectivity index (χ3v) is 9.22. The molecule has 0 amide bonds. The predicted octanol–water partition coefficient (Wildman–Crippen LogP) is 6.20. The van der Waals surface area contributed by atoms with Crippen molar-refractivity contribution in [3.63, 3.8) is 0 Å². The lowest BCUT2D eigenvalue weighted by molar-refractivity contribution is -0.136. The average molecular weight is 565 g/mol. The number of benzene rings is 1. The van der Waals surface area contributed by atoms with Crippen molar-refractivity contribution in [1.82, 2.24) is 28.6 Å². The lowest BCUT2D eigenvalue weighted by Gasteiger charge is -2.34. The molecule has 1 saturated heterocycles. The molecular formula is C31H35F3N6O. The number of imidazole rings is 1. The zero-order valence-corrected chi connectivity index (χ0v) is 23.2. The second-order valence-corrected chi connectivity index (χ2v) is 12.4. The fourth-order valence-electron chi connectivity index (χ4n) is 6.81. The molecule has 3 fully saturated rings. The van der Waals surface area contributed by atoms with Gasteiger partial charge in [-0.05, 0) is 86.2 Å². The van der Waals surface area contributed by atoms with Gasteiger partial charge < -0.3 is 4.57 Å². The molecule has 10 heteroatoms. The number of likely N-dealkylation sites (tertiary alicyclic amines) is 1. The third-order valence-electron chi connectivity index (χ3n) is 9.22. The smallest absolute Gasteiger partial charge is 0.314 e. The van der Waals surface area contributed by atoms with Gasteiger partial charge >= 0.3 is 11.9 Å². The Morgan fingerprint density at radius 1 is 1.05 bits per heavy atom.